The standard InChI is InChI=1S/C15H22ClN3/c1-10(11-3-4-11)19(2)15-7-12(14(16)9-18-15)8-17-13-5-6-13/h7,9-11,13,17H,3-6,8H2,1-2H3. The second kappa shape index (κ2) is 5.29. The third-order valence-electron chi connectivity index (χ3n) is 4.36. The van der Waals surface area contributed by atoms with Crippen molar-refractivity contribution in [2.24, 2.45) is 5.92 Å². The molecular formula is C15H22ClN3. The molecule has 2 fully saturated rings. The molecule has 1 aromatic heterocycles. The summed E-state index contributed by atoms with van der Waals surface area (Å²) in [5, 5.41) is 4.28. The number of nitrogens with zero attached hydrogens (tertiary/aromatic N) is 2. The first-order chi connectivity index (χ1) is 9.15. The quantitative estimate of drug-likeness (QED) is 0.867. The molecule has 1 atom stereocenters. The average Bonchev–Trinajstić information content (AvgIpc) is 3.29. The van der Waals surface area contributed by atoms with Crippen LogP contribution < -0.4 is 10.2 Å². The topological polar surface area (TPSA) is 28.2 Å². The van der Waals surface area contributed by atoms with Gasteiger partial charge in [-0.15, -0.1) is 0 Å². The highest BCUT2D eigenvalue weighted by atomic mass is 35.5. The van der Waals surface area contributed by atoms with E-state index in [-0.39, 0.29) is 0 Å². The lowest BCUT2D eigenvalue weighted by molar-refractivity contribution is 0.603. The van der Waals surface area contributed by atoms with Gasteiger partial charge in [0, 0.05) is 31.9 Å². The Labute approximate surface area is 120 Å². The molecule has 2 aliphatic carbocycles. The molecule has 3 nitrogen and oxygen atoms in total. The Morgan fingerprint density at radius 3 is 2.79 bits per heavy atom. The molecule has 1 heterocycles. The van der Waals surface area contributed by atoms with Crippen molar-refractivity contribution < 1.29 is 0 Å². The number of pyridine rings is 1. The van der Waals surface area contributed by atoms with Gasteiger partial charge in [0.1, 0.15) is 5.82 Å². The third kappa shape index (κ3) is 3.21. The van der Waals surface area contributed by atoms with Crippen LogP contribution in [0.5, 0.6) is 0 Å². The maximum atomic E-state index is 6.24. The van der Waals surface area contributed by atoms with Gasteiger partial charge < -0.3 is 10.2 Å². The van der Waals surface area contributed by atoms with Gasteiger partial charge in [-0.1, -0.05) is 11.6 Å². The second-order valence-corrected chi connectivity index (χ2v) is 6.39. The van der Waals surface area contributed by atoms with Crippen molar-refractivity contribution in [3.8, 4) is 0 Å². The van der Waals surface area contributed by atoms with Gasteiger partial charge in [0.05, 0.1) is 5.02 Å². The summed E-state index contributed by atoms with van der Waals surface area (Å²) >= 11 is 6.24. The lowest BCUT2D eigenvalue weighted by Crippen LogP contribution is -2.31. The van der Waals surface area contributed by atoms with Crippen molar-refractivity contribution in [3.63, 3.8) is 0 Å². The van der Waals surface area contributed by atoms with Crippen LogP contribution in [0, 0.1) is 5.92 Å². The highest BCUT2D eigenvalue weighted by Crippen LogP contribution is 2.36. The third-order valence-corrected chi connectivity index (χ3v) is 4.70. The normalized spacial score (nSPS) is 20.4. The van der Waals surface area contributed by atoms with E-state index in [1.54, 1.807) is 6.20 Å². The van der Waals surface area contributed by atoms with E-state index in [4.69, 9.17) is 11.6 Å². The second-order valence-electron chi connectivity index (χ2n) is 5.98. The number of hydrogen-bond donors (Lipinski definition) is 1. The SMILES string of the molecule is CC(C1CC1)N(C)c1cc(CNC2CC2)c(Cl)cn1. The molecule has 0 radical (unpaired) electrons. The van der Waals surface area contributed by atoms with Crippen LogP contribution in [0.1, 0.15) is 38.2 Å². The van der Waals surface area contributed by atoms with Crippen LogP contribution in [0.2, 0.25) is 5.02 Å². The van der Waals surface area contributed by atoms with Crippen molar-refractivity contribution in [1.82, 2.24) is 10.3 Å². The summed E-state index contributed by atoms with van der Waals surface area (Å²) in [5.41, 5.74) is 1.16. The van der Waals surface area contributed by atoms with Gasteiger partial charge in [-0.3, -0.25) is 0 Å². The van der Waals surface area contributed by atoms with Crippen molar-refractivity contribution in [3.05, 3.63) is 22.8 Å². The summed E-state index contributed by atoms with van der Waals surface area (Å²) in [5.74, 6) is 1.88. The molecule has 0 amide bonds. The number of nitrogens with one attached hydrogen (secondary N) is 1. The Kier molecular flexibility index (Phi) is 3.68. The van der Waals surface area contributed by atoms with Crippen molar-refractivity contribution in [1.29, 1.82) is 0 Å². The fourth-order valence-corrected chi connectivity index (χ4v) is 2.61. The van der Waals surface area contributed by atoms with E-state index in [9.17, 15) is 0 Å². The van der Waals surface area contributed by atoms with Gasteiger partial charge in [0.15, 0.2) is 0 Å². The Morgan fingerprint density at radius 2 is 2.16 bits per heavy atom. The van der Waals surface area contributed by atoms with Crippen LogP contribution in [0.25, 0.3) is 0 Å². The number of anilines is 1. The van der Waals surface area contributed by atoms with E-state index in [1.807, 2.05) is 0 Å². The zero-order valence-corrected chi connectivity index (χ0v) is 12.5. The summed E-state index contributed by atoms with van der Waals surface area (Å²) in [6.07, 6.45) is 7.10. The van der Waals surface area contributed by atoms with Gasteiger partial charge in [-0.05, 0) is 50.2 Å². The van der Waals surface area contributed by atoms with E-state index >= 15 is 0 Å². The molecule has 0 aliphatic heterocycles. The minimum absolute atomic E-state index is 0.568. The summed E-state index contributed by atoms with van der Waals surface area (Å²) in [7, 11) is 2.14. The largest absolute Gasteiger partial charge is 0.357 e. The van der Waals surface area contributed by atoms with Crippen molar-refractivity contribution >= 4 is 17.4 Å². The Balaban J connectivity index is 1.71. The van der Waals surface area contributed by atoms with Crippen LogP contribution >= 0.6 is 11.6 Å². The molecule has 3 rings (SSSR count). The van der Waals surface area contributed by atoms with Crippen LogP contribution in [0.3, 0.4) is 0 Å². The molecule has 0 bridgehead atoms. The molecule has 4 heteroatoms. The molecule has 0 saturated heterocycles. The smallest absolute Gasteiger partial charge is 0.128 e. The Hall–Kier alpha value is -0.800. The molecular weight excluding hydrogens is 258 g/mol. The van der Waals surface area contributed by atoms with Gasteiger partial charge in [-0.25, -0.2) is 4.98 Å². The molecule has 19 heavy (non-hydrogen) atoms. The van der Waals surface area contributed by atoms with Crippen LogP contribution in [-0.2, 0) is 6.54 Å². The molecule has 104 valence electrons. The predicted octanol–water partition coefficient (Wildman–Crippen LogP) is 3.22. The van der Waals surface area contributed by atoms with E-state index in [0.717, 1.165) is 28.9 Å². The van der Waals surface area contributed by atoms with Crippen LogP contribution in [0.4, 0.5) is 5.82 Å². The van der Waals surface area contributed by atoms with Gasteiger partial charge >= 0.3 is 0 Å². The maximum absolute atomic E-state index is 6.24. The van der Waals surface area contributed by atoms with Gasteiger partial charge in [0.25, 0.3) is 0 Å². The van der Waals surface area contributed by atoms with E-state index in [1.165, 1.54) is 25.7 Å². The summed E-state index contributed by atoms with van der Waals surface area (Å²) < 4.78 is 0. The number of rotatable bonds is 6. The van der Waals surface area contributed by atoms with Gasteiger partial charge in [-0.2, -0.15) is 0 Å². The zero-order chi connectivity index (χ0) is 13.4. The molecule has 0 spiro atoms. The van der Waals surface area contributed by atoms with Crippen molar-refractivity contribution in [2.75, 3.05) is 11.9 Å². The van der Waals surface area contributed by atoms with Crippen molar-refractivity contribution in [2.45, 2.75) is 51.2 Å². The van der Waals surface area contributed by atoms with E-state index in [2.05, 4.69) is 35.2 Å². The zero-order valence-electron chi connectivity index (χ0n) is 11.7. The monoisotopic (exact) mass is 279 g/mol. The fraction of sp³-hybridized carbons (Fsp3) is 0.667. The number of halogens is 1. The molecule has 0 aromatic carbocycles. The summed E-state index contributed by atoms with van der Waals surface area (Å²) in [4.78, 5) is 6.77. The fourth-order valence-electron chi connectivity index (χ4n) is 2.44. The summed E-state index contributed by atoms with van der Waals surface area (Å²) in [6, 6.07) is 3.41. The maximum Gasteiger partial charge on any atom is 0.128 e. The Bertz CT molecular complexity index is 455. The minimum Gasteiger partial charge on any atom is -0.357 e. The summed E-state index contributed by atoms with van der Waals surface area (Å²) in [6.45, 7) is 3.14. The number of aromatic nitrogens is 1. The molecule has 2 saturated carbocycles. The molecule has 2 aliphatic rings. The Morgan fingerprint density at radius 1 is 1.42 bits per heavy atom. The molecule has 1 N–H and O–H groups in total. The van der Waals surface area contributed by atoms with Gasteiger partial charge in [0.2, 0.25) is 0 Å². The predicted molar refractivity (Wildman–Crippen MR) is 79.7 cm³/mol. The highest BCUT2D eigenvalue weighted by molar-refractivity contribution is 6.31. The lowest BCUT2D eigenvalue weighted by atomic mass is 10.2. The first-order valence-corrected chi connectivity index (χ1v) is 7.63. The van der Waals surface area contributed by atoms with Crippen LogP contribution in [-0.4, -0.2) is 24.1 Å². The van der Waals surface area contributed by atoms with E-state index < -0.39 is 0 Å². The lowest BCUT2D eigenvalue weighted by Gasteiger charge is -2.26. The molecule has 1 aromatic rings. The minimum atomic E-state index is 0.568. The van der Waals surface area contributed by atoms with E-state index in [0.29, 0.717) is 12.1 Å². The molecule has 1 unspecified atom stereocenters. The average molecular weight is 280 g/mol. The number of hydrogen-bond acceptors (Lipinski definition) is 3. The first-order valence-electron chi connectivity index (χ1n) is 7.26. The highest BCUT2D eigenvalue weighted by Gasteiger charge is 2.31. The first kappa shape index (κ1) is 13.2. The van der Waals surface area contributed by atoms with Crippen LogP contribution in [0.15, 0.2) is 12.3 Å².